The minimum absolute atomic E-state index is 0.355. The number of rotatable bonds is 2. The molecule has 0 aliphatic carbocycles. The molecule has 0 amide bonds. The van der Waals surface area contributed by atoms with Gasteiger partial charge in [0.2, 0.25) is 0 Å². The number of ether oxygens (including phenoxy) is 1. The summed E-state index contributed by atoms with van der Waals surface area (Å²) in [6.07, 6.45) is 3.82. The van der Waals surface area contributed by atoms with Crippen LogP contribution in [-0.4, -0.2) is 30.6 Å². The smallest absolute Gasteiger partial charge is 0.340 e. The second-order valence-corrected chi connectivity index (χ2v) is 5.29. The van der Waals surface area contributed by atoms with Crippen molar-refractivity contribution >= 4 is 17.5 Å². The Labute approximate surface area is 113 Å². The molecule has 1 aliphatic heterocycles. The molecule has 2 N–H and O–H groups in total. The number of anilines is 2. The molecule has 5 heteroatoms. The fourth-order valence-corrected chi connectivity index (χ4v) is 2.65. The lowest BCUT2D eigenvalue weighted by molar-refractivity contribution is 0.0602. The van der Waals surface area contributed by atoms with Crippen LogP contribution in [-0.2, 0) is 4.74 Å². The van der Waals surface area contributed by atoms with Crippen LogP contribution in [0.1, 0.15) is 37.0 Å². The van der Waals surface area contributed by atoms with E-state index in [0.717, 1.165) is 31.1 Å². The Kier molecular flexibility index (Phi) is 3.93. The molecule has 0 spiro atoms. The highest BCUT2D eigenvalue weighted by atomic mass is 16.5. The van der Waals surface area contributed by atoms with Crippen molar-refractivity contribution in [1.29, 1.82) is 0 Å². The Morgan fingerprint density at radius 1 is 1.53 bits per heavy atom. The van der Waals surface area contributed by atoms with Crippen molar-refractivity contribution in [3.63, 3.8) is 0 Å². The fourth-order valence-electron chi connectivity index (χ4n) is 2.65. The van der Waals surface area contributed by atoms with Gasteiger partial charge in [-0.15, -0.1) is 0 Å². The van der Waals surface area contributed by atoms with Gasteiger partial charge in [0.25, 0.3) is 0 Å². The van der Waals surface area contributed by atoms with Crippen molar-refractivity contribution in [2.45, 2.75) is 32.7 Å². The molecule has 1 aliphatic rings. The molecule has 1 saturated heterocycles. The largest absolute Gasteiger partial charge is 0.465 e. The molecule has 104 valence electrons. The lowest BCUT2D eigenvalue weighted by atomic mass is 9.93. The summed E-state index contributed by atoms with van der Waals surface area (Å²) in [4.78, 5) is 18.2. The van der Waals surface area contributed by atoms with Crippen LogP contribution in [0.5, 0.6) is 0 Å². The minimum atomic E-state index is -0.417. The van der Waals surface area contributed by atoms with Crippen molar-refractivity contribution in [3.05, 3.63) is 17.8 Å². The number of aromatic nitrogens is 1. The van der Waals surface area contributed by atoms with E-state index in [1.807, 2.05) is 0 Å². The second kappa shape index (κ2) is 5.47. The minimum Gasteiger partial charge on any atom is -0.465 e. The van der Waals surface area contributed by atoms with Gasteiger partial charge in [0.1, 0.15) is 5.82 Å². The van der Waals surface area contributed by atoms with Gasteiger partial charge in [0.15, 0.2) is 0 Å². The first-order valence-electron chi connectivity index (χ1n) is 6.63. The number of nitrogens with two attached hydrogens (primary N) is 1. The van der Waals surface area contributed by atoms with E-state index in [0.29, 0.717) is 17.3 Å². The predicted molar refractivity (Wildman–Crippen MR) is 75.2 cm³/mol. The number of hydrogen-bond acceptors (Lipinski definition) is 5. The van der Waals surface area contributed by atoms with E-state index in [1.54, 1.807) is 6.07 Å². The highest BCUT2D eigenvalue weighted by Gasteiger charge is 2.25. The molecule has 0 bridgehead atoms. The SMILES string of the molecule is COC(=O)c1cc(N2CCC(C)CC2C)ncc1N. The summed E-state index contributed by atoms with van der Waals surface area (Å²) in [5, 5.41) is 0. The van der Waals surface area contributed by atoms with Gasteiger partial charge in [-0.1, -0.05) is 6.92 Å². The Hall–Kier alpha value is -1.78. The van der Waals surface area contributed by atoms with Gasteiger partial charge in [-0.25, -0.2) is 9.78 Å². The molecule has 0 aromatic carbocycles. The topological polar surface area (TPSA) is 68.5 Å². The number of pyridine rings is 1. The molecule has 5 nitrogen and oxygen atoms in total. The maximum atomic E-state index is 11.7. The summed E-state index contributed by atoms with van der Waals surface area (Å²) in [6.45, 7) is 5.41. The summed E-state index contributed by atoms with van der Waals surface area (Å²) in [7, 11) is 1.35. The number of piperidine rings is 1. The maximum absolute atomic E-state index is 11.7. The quantitative estimate of drug-likeness (QED) is 0.827. The first kappa shape index (κ1) is 13.6. The molecule has 2 atom stereocenters. The zero-order valence-electron chi connectivity index (χ0n) is 11.7. The lowest BCUT2D eigenvalue weighted by Gasteiger charge is -2.37. The van der Waals surface area contributed by atoms with E-state index in [9.17, 15) is 4.79 Å². The van der Waals surface area contributed by atoms with Gasteiger partial charge in [-0.3, -0.25) is 0 Å². The van der Waals surface area contributed by atoms with Crippen LogP contribution in [0, 0.1) is 5.92 Å². The number of carbonyl (C=O) groups excluding carboxylic acids is 1. The Bertz CT molecular complexity index is 476. The van der Waals surface area contributed by atoms with Crippen LogP contribution in [0.2, 0.25) is 0 Å². The summed E-state index contributed by atoms with van der Waals surface area (Å²) >= 11 is 0. The summed E-state index contributed by atoms with van der Waals surface area (Å²) in [5.41, 5.74) is 6.51. The van der Waals surface area contributed by atoms with Crippen molar-refractivity contribution in [3.8, 4) is 0 Å². The fraction of sp³-hybridized carbons (Fsp3) is 0.571. The standard InChI is InChI=1S/C14H21N3O2/c1-9-4-5-17(10(2)6-9)13-7-11(14(18)19-3)12(15)8-16-13/h7-10H,4-6,15H2,1-3H3. The van der Waals surface area contributed by atoms with Gasteiger partial charge in [0, 0.05) is 12.6 Å². The molecule has 1 fully saturated rings. The van der Waals surface area contributed by atoms with E-state index >= 15 is 0 Å². The molecule has 0 saturated carbocycles. The van der Waals surface area contributed by atoms with E-state index in [2.05, 4.69) is 23.7 Å². The van der Waals surface area contributed by atoms with E-state index < -0.39 is 5.97 Å². The summed E-state index contributed by atoms with van der Waals surface area (Å²) in [5.74, 6) is 1.12. The van der Waals surface area contributed by atoms with E-state index in [1.165, 1.54) is 13.3 Å². The van der Waals surface area contributed by atoms with Crippen molar-refractivity contribution in [1.82, 2.24) is 4.98 Å². The number of nitrogen functional groups attached to an aromatic ring is 1. The van der Waals surface area contributed by atoms with Crippen LogP contribution in [0.4, 0.5) is 11.5 Å². The summed E-state index contributed by atoms with van der Waals surface area (Å²) in [6, 6.07) is 2.15. The molecule has 0 radical (unpaired) electrons. The number of methoxy groups -OCH3 is 1. The first-order chi connectivity index (χ1) is 9.02. The monoisotopic (exact) mass is 263 g/mol. The van der Waals surface area contributed by atoms with Crippen molar-refractivity contribution in [2.24, 2.45) is 5.92 Å². The predicted octanol–water partition coefficient (Wildman–Crippen LogP) is 2.08. The van der Waals surface area contributed by atoms with Gasteiger partial charge >= 0.3 is 5.97 Å². The molecule has 1 aromatic rings. The van der Waals surface area contributed by atoms with Gasteiger partial charge in [-0.05, 0) is 31.7 Å². The van der Waals surface area contributed by atoms with Gasteiger partial charge in [0.05, 0.1) is 24.6 Å². The first-order valence-corrected chi connectivity index (χ1v) is 6.63. The normalized spacial score (nSPS) is 23.2. The molecule has 1 aromatic heterocycles. The lowest BCUT2D eigenvalue weighted by Crippen LogP contribution is -2.40. The zero-order chi connectivity index (χ0) is 14.0. The molecule has 2 rings (SSSR count). The van der Waals surface area contributed by atoms with Crippen molar-refractivity contribution in [2.75, 3.05) is 24.3 Å². The van der Waals surface area contributed by atoms with Crippen LogP contribution in [0.25, 0.3) is 0 Å². The number of nitrogens with zero attached hydrogens (tertiary/aromatic N) is 2. The van der Waals surface area contributed by atoms with E-state index in [4.69, 9.17) is 10.5 Å². The van der Waals surface area contributed by atoms with Crippen LogP contribution >= 0.6 is 0 Å². The molecule has 19 heavy (non-hydrogen) atoms. The van der Waals surface area contributed by atoms with Gasteiger partial charge < -0.3 is 15.4 Å². The van der Waals surface area contributed by atoms with Crippen molar-refractivity contribution < 1.29 is 9.53 Å². The molecular weight excluding hydrogens is 242 g/mol. The highest BCUT2D eigenvalue weighted by Crippen LogP contribution is 2.28. The third-order valence-electron chi connectivity index (χ3n) is 3.76. The van der Waals surface area contributed by atoms with Crippen LogP contribution in [0.3, 0.4) is 0 Å². The number of hydrogen-bond donors (Lipinski definition) is 1. The Morgan fingerprint density at radius 3 is 2.89 bits per heavy atom. The Balaban J connectivity index is 2.28. The highest BCUT2D eigenvalue weighted by molar-refractivity contribution is 5.95. The number of esters is 1. The van der Waals surface area contributed by atoms with Crippen LogP contribution < -0.4 is 10.6 Å². The van der Waals surface area contributed by atoms with Crippen LogP contribution in [0.15, 0.2) is 12.3 Å². The molecule has 2 unspecified atom stereocenters. The Morgan fingerprint density at radius 2 is 2.26 bits per heavy atom. The molecule has 2 heterocycles. The third-order valence-corrected chi connectivity index (χ3v) is 3.76. The maximum Gasteiger partial charge on any atom is 0.340 e. The van der Waals surface area contributed by atoms with Gasteiger partial charge in [-0.2, -0.15) is 0 Å². The third kappa shape index (κ3) is 2.80. The zero-order valence-corrected chi connectivity index (χ0v) is 11.7. The summed E-state index contributed by atoms with van der Waals surface area (Å²) < 4.78 is 4.74. The van der Waals surface area contributed by atoms with E-state index in [-0.39, 0.29) is 0 Å². The second-order valence-electron chi connectivity index (χ2n) is 5.29. The average Bonchev–Trinajstić information content (AvgIpc) is 2.39. The number of carbonyl (C=O) groups is 1. The average molecular weight is 263 g/mol. The molecular formula is C14H21N3O2.